The maximum absolute atomic E-state index is 5.61. The largest absolute Gasteiger partial charge is 0.493 e. The van der Waals surface area contributed by atoms with E-state index in [-0.39, 0.29) is 0 Å². The summed E-state index contributed by atoms with van der Waals surface area (Å²) < 4.78 is 11.1. The third-order valence-corrected chi connectivity index (χ3v) is 5.01. The number of ether oxygens (including phenoxy) is 2. The van der Waals surface area contributed by atoms with Gasteiger partial charge in [-0.2, -0.15) is 0 Å². The number of aromatic nitrogens is 1. The molecule has 1 saturated carbocycles. The Kier molecular flexibility index (Phi) is 6.67. The number of benzene rings is 1. The molecule has 0 aliphatic heterocycles. The van der Waals surface area contributed by atoms with E-state index in [4.69, 9.17) is 9.47 Å². The molecule has 0 bridgehead atoms. The molecule has 3 rings (SSSR count). The van der Waals surface area contributed by atoms with Crippen LogP contribution in [0, 0.1) is 0 Å². The van der Waals surface area contributed by atoms with Crippen molar-refractivity contribution in [2.75, 3.05) is 19.0 Å². The van der Waals surface area contributed by atoms with Gasteiger partial charge in [-0.3, -0.25) is 4.98 Å². The molecule has 0 saturated heterocycles. The summed E-state index contributed by atoms with van der Waals surface area (Å²) in [4.78, 5) is 4.40. The van der Waals surface area contributed by atoms with Crippen molar-refractivity contribution in [3.8, 4) is 5.75 Å². The Bertz CT molecular complexity index is 695. The Labute approximate surface area is 156 Å². The van der Waals surface area contributed by atoms with E-state index in [1.165, 1.54) is 18.4 Å². The van der Waals surface area contributed by atoms with E-state index < -0.39 is 0 Å². The van der Waals surface area contributed by atoms with Crippen molar-refractivity contribution in [1.29, 1.82) is 0 Å². The van der Waals surface area contributed by atoms with Gasteiger partial charge >= 0.3 is 0 Å². The van der Waals surface area contributed by atoms with E-state index in [9.17, 15) is 0 Å². The van der Waals surface area contributed by atoms with Crippen molar-refractivity contribution < 1.29 is 9.47 Å². The molecule has 1 heterocycles. The van der Waals surface area contributed by atoms with Gasteiger partial charge in [0.15, 0.2) is 5.75 Å². The molecule has 4 nitrogen and oxygen atoms in total. The lowest BCUT2D eigenvalue weighted by Crippen LogP contribution is -2.25. The summed E-state index contributed by atoms with van der Waals surface area (Å²) in [5.41, 5.74) is 3.29. The van der Waals surface area contributed by atoms with Crippen LogP contribution < -0.4 is 10.1 Å². The van der Waals surface area contributed by atoms with Crippen LogP contribution in [0.15, 0.2) is 55.3 Å². The van der Waals surface area contributed by atoms with Crippen molar-refractivity contribution in [3.63, 3.8) is 0 Å². The summed E-state index contributed by atoms with van der Waals surface area (Å²) >= 11 is 0. The summed E-state index contributed by atoms with van der Waals surface area (Å²) in [5, 5.41) is 3.66. The molecule has 1 fully saturated rings. The molecule has 1 aliphatic carbocycles. The highest BCUT2D eigenvalue weighted by molar-refractivity contribution is 5.58. The number of rotatable bonds is 8. The minimum atomic E-state index is 0.422. The molecular formula is C22H28N2O2. The Balaban J connectivity index is 1.61. The van der Waals surface area contributed by atoms with E-state index in [0.717, 1.165) is 30.0 Å². The molecular weight excluding hydrogens is 324 g/mol. The number of hydrogen-bond acceptors (Lipinski definition) is 4. The quantitative estimate of drug-likeness (QED) is 0.540. The predicted octanol–water partition coefficient (Wildman–Crippen LogP) is 4.93. The number of nitrogens with one attached hydrogen (secondary N) is 1. The fourth-order valence-corrected chi connectivity index (χ4v) is 3.69. The Morgan fingerprint density at radius 1 is 1.15 bits per heavy atom. The van der Waals surface area contributed by atoms with Crippen LogP contribution in [0.1, 0.15) is 42.9 Å². The number of anilines is 1. The lowest BCUT2D eigenvalue weighted by Gasteiger charge is -2.30. The number of pyridine rings is 1. The third kappa shape index (κ3) is 4.64. The zero-order chi connectivity index (χ0) is 18.2. The molecule has 26 heavy (non-hydrogen) atoms. The van der Waals surface area contributed by atoms with Crippen LogP contribution in [0.4, 0.5) is 5.69 Å². The van der Waals surface area contributed by atoms with Crippen molar-refractivity contribution in [2.45, 2.75) is 44.2 Å². The standard InChI is InChI=1S/C22H28N2O2/c1-3-15-26-16-21-22(25-2)20(13-14-23-21)24-19-11-9-18(10-12-19)17-7-5-4-6-8-17/h3-8,13-14,18-19H,1,9-12,15-16H2,2H3,(H,23,24). The highest BCUT2D eigenvalue weighted by Gasteiger charge is 2.23. The molecule has 1 N–H and O–H groups in total. The zero-order valence-electron chi connectivity index (χ0n) is 15.5. The van der Waals surface area contributed by atoms with Gasteiger partial charge in [0, 0.05) is 12.2 Å². The summed E-state index contributed by atoms with van der Waals surface area (Å²) in [5.74, 6) is 1.46. The second-order valence-corrected chi connectivity index (χ2v) is 6.75. The van der Waals surface area contributed by atoms with Crippen molar-refractivity contribution >= 4 is 5.69 Å². The number of methoxy groups -OCH3 is 1. The second-order valence-electron chi connectivity index (χ2n) is 6.75. The first-order valence-corrected chi connectivity index (χ1v) is 9.33. The Morgan fingerprint density at radius 3 is 2.62 bits per heavy atom. The van der Waals surface area contributed by atoms with Gasteiger partial charge in [0.25, 0.3) is 0 Å². The van der Waals surface area contributed by atoms with Gasteiger partial charge in [0.1, 0.15) is 5.69 Å². The highest BCUT2D eigenvalue weighted by atomic mass is 16.5. The van der Waals surface area contributed by atoms with Gasteiger partial charge in [0.2, 0.25) is 0 Å². The van der Waals surface area contributed by atoms with Crippen molar-refractivity contribution in [2.24, 2.45) is 0 Å². The fraction of sp³-hybridized carbons (Fsp3) is 0.409. The summed E-state index contributed by atoms with van der Waals surface area (Å²) in [6.07, 6.45) is 8.29. The lowest BCUT2D eigenvalue weighted by molar-refractivity contribution is 0.143. The van der Waals surface area contributed by atoms with Gasteiger partial charge in [-0.15, -0.1) is 6.58 Å². The van der Waals surface area contributed by atoms with Crippen LogP contribution in [-0.4, -0.2) is 24.7 Å². The van der Waals surface area contributed by atoms with E-state index in [2.05, 4.69) is 47.2 Å². The first-order chi connectivity index (χ1) is 12.8. The van der Waals surface area contributed by atoms with E-state index in [0.29, 0.717) is 25.2 Å². The van der Waals surface area contributed by atoms with Gasteiger partial charge in [0.05, 0.1) is 26.0 Å². The van der Waals surface area contributed by atoms with Gasteiger partial charge in [-0.1, -0.05) is 36.4 Å². The Hall–Kier alpha value is -2.33. The first-order valence-electron chi connectivity index (χ1n) is 9.33. The predicted molar refractivity (Wildman–Crippen MR) is 106 cm³/mol. The average Bonchev–Trinajstić information content (AvgIpc) is 2.70. The normalized spacial score (nSPS) is 19.7. The molecule has 4 heteroatoms. The first kappa shape index (κ1) is 18.5. The summed E-state index contributed by atoms with van der Waals surface area (Å²) in [7, 11) is 1.69. The van der Waals surface area contributed by atoms with Crippen LogP contribution in [0.25, 0.3) is 0 Å². The molecule has 138 valence electrons. The second kappa shape index (κ2) is 9.39. The van der Waals surface area contributed by atoms with E-state index in [1.807, 2.05) is 12.3 Å². The van der Waals surface area contributed by atoms with Crippen LogP contribution in [0.2, 0.25) is 0 Å². The smallest absolute Gasteiger partial charge is 0.165 e. The van der Waals surface area contributed by atoms with Crippen molar-refractivity contribution in [3.05, 3.63) is 66.5 Å². The molecule has 0 amide bonds. The summed E-state index contributed by atoms with van der Waals surface area (Å²) in [6, 6.07) is 13.3. The third-order valence-electron chi connectivity index (χ3n) is 5.01. The van der Waals surface area contributed by atoms with E-state index in [1.54, 1.807) is 13.2 Å². The molecule has 1 aromatic carbocycles. The molecule has 0 atom stereocenters. The SMILES string of the molecule is C=CCOCc1nccc(NC2CCC(c3ccccc3)CC2)c1OC. The lowest BCUT2D eigenvalue weighted by atomic mass is 9.82. The average molecular weight is 352 g/mol. The molecule has 2 aromatic rings. The summed E-state index contributed by atoms with van der Waals surface area (Å²) in [6.45, 7) is 4.60. The molecule has 1 aliphatic rings. The van der Waals surface area contributed by atoms with Crippen LogP contribution in [0.5, 0.6) is 5.75 Å². The van der Waals surface area contributed by atoms with Gasteiger partial charge in [-0.05, 0) is 43.2 Å². The molecule has 1 aromatic heterocycles. The van der Waals surface area contributed by atoms with E-state index >= 15 is 0 Å². The van der Waals surface area contributed by atoms with Crippen LogP contribution in [-0.2, 0) is 11.3 Å². The monoisotopic (exact) mass is 352 g/mol. The maximum atomic E-state index is 5.61. The van der Waals surface area contributed by atoms with Gasteiger partial charge in [-0.25, -0.2) is 0 Å². The minimum absolute atomic E-state index is 0.422. The number of hydrogen-bond donors (Lipinski definition) is 1. The molecule has 0 spiro atoms. The molecule has 0 unspecified atom stereocenters. The van der Waals surface area contributed by atoms with Crippen molar-refractivity contribution in [1.82, 2.24) is 4.98 Å². The maximum Gasteiger partial charge on any atom is 0.165 e. The van der Waals surface area contributed by atoms with Crippen LogP contribution in [0.3, 0.4) is 0 Å². The topological polar surface area (TPSA) is 43.4 Å². The zero-order valence-corrected chi connectivity index (χ0v) is 15.5. The van der Waals surface area contributed by atoms with Gasteiger partial charge < -0.3 is 14.8 Å². The minimum Gasteiger partial charge on any atom is -0.493 e. The van der Waals surface area contributed by atoms with Crippen LogP contribution >= 0.6 is 0 Å². The highest BCUT2D eigenvalue weighted by Crippen LogP contribution is 2.36. The number of nitrogens with zero attached hydrogens (tertiary/aromatic N) is 1. The molecule has 0 radical (unpaired) electrons. The Morgan fingerprint density at radius 2 is 1.92 bits per heavy atom. The fourth-order valence-electron chi connectivity index (χ4n) is 3.69.